The molecule has 2 heterocycles. The van der Waals surface area contributed by atoms with Crippen LogP contribution in [0.25, 0.3) is 0 Å². The fourth-order valence-electron chi connectivity index (χ4n) is 2.93. The average Bonchev–Trinajstić information content (AvgIpc) is 3.15. The molecule has 4 atom stereocenters. The van der Waals surface area contributed by atoms with Crippen LogP contribution in [0, 0.1) is 5.41 Å². The highest BCUT2D eigenvalue weighted by Gasteiger charge is 2.42. The molecule has 0 bridgehead atoms. The van der Waals surface area contributed by atoms with Gasteiger partial charge in [0.15, 0.2) is 5.96 Å². The largest absolute Gasteiger partial charge is 0.481 e. The number of fused-ring (bicyclic) bond motifs is 1. The van der Waals surface area contributed by atoms with Gasteiger partial charge in [-0.15, -0.1) is 0 Å². The van der Waals surface area contributed by atoms with Gasteiger partial charge >= 0.3 is 18.0 Å². The smallest absolute Gasteiger partial charge is 0.320 e. The molecule has 2 rings (SSSR count). The first-order valence-electron chi connectivity index (χ1n) is 9.17. The van der Waals surface area contributed by atoms with E-state index >= 15 is 0 Å². The molecule has 12 heteroatoms. The molecule has 2 amide bonds. The first-order chi connectivity index (χ1) is 13.2. The van der Waals surface area contributed by atoms with E-state index in [0.29, 0.717) is 24.6 Å². The minimum absolute atomic E-state index is 0.0640. The van der Waals surface area contributed by atoms with E-state index in [2.05, 4.69) is 16.0 Å². The summed E-state index contributed by atoms with van der Waals surface area (Å²) in [7, 11) is 0. The summed E-state index contributed by atoms with van der Waals surface area (Å²) in [6.45, 7) is 0.482. The summed E-state index contributed by atoms with van der Waals surface area (Å²) in [5, 5.41) is 32.5. The Morgan fingerprint density at radius 2 is 2.00 bits per heavy atom. The zero-order valence-electron chi connectivity index (χ0n) is 15.6. The van der Waals surface area contributed by atoms with Gasteiger partial charge in [0.2, 0.25) is 0 Å². The van der Waals surface area contributed by atoms with E-state index < -0.39 is 18.0 Å². The highest BCUT2D eigenvalue weighted by Crippen LogP contribution is 2.33. The SMILES string of the molecule is N=C(N)NCCC[C@H](N)C(=O)O.O=C(O)CCCC[C@@H]1SC[C@@H]2NC(=O)N[C@@H]21. The number of urea groups is 1. The quantitative estimate of drug-likeness (QED) is 0.0991. The minimum atomic E-state index is -1.00. The highest BCUT2D eigenvalue weighted by atomic mass is 32.2. The van der Waals surface area contributed by atoms with Crippen LogP contribution in [0.3, 0.4) is 0 Å². The maximum Gasteiger partial charge on any atom is 0.320 e. The van der Waals surface area contributed by atoms with Crippen molar-refractivity contribution in [3.63, 3.8) is 0 Å². The Kier molecular flexibility index (Phi) is 10.5. The number of carbonyl (C=O) groups excluding carboxylic acids is 1. The number of nitrogens with two attached hydrogens (primary N) is 2. The number of carboxylic acids is 2. The van der Waals surface area contributed by atoms with Gasteiger partial charge in [0.25, 0.3) is 0 Å². The topological polar surface area (TPSA) is 204 Å². The Morgan fingerprint density at radius 1 is 1.29 bits per heavy atom. The van der Waals surface area contributed by atoms with Crippen LogP contribution in [0.15, 0.2) is 0 Å². The minimum Gasteiger partial charge on any atom is -0.481 e. The third kappa shape index (κ3) is 9.13. The van der Waals surface area contributed by atoms with Crippen molar-refractivity contribution in [3.05, 3.63) is 0 Å². The van der Waals surface area contributed by atoms with E-state index in [0.717, 1.165) is 25.0 Å². The number of guanidine groups is 1. The van der Waals surface area contributed by atoms with Gasteiger partial charge in [-0.3, -0.25) is 15.0 Å². The number of hydrogen-bond donors (Lipinski definition) is 8. The second-order valence-corrected chi connectivity index (χ2v) is 7.96. The Hall–Kier alpha value is -2.21. The van der Waals surface area contributed by atoms with Gasteiger partial charge in [0.1, 0.15) is 6.04 Å². The molecule has 2 saturated heterocycles. The Bertz CT molecular complexity index is 564. The number of hydrogen-bond acceptors (Lipinski definition) is 6. The second kappa shape index (κ2) is 12.3. The van der Waals surface area contributed by atoms with Crippen molar-refractivity contribution < 1.29 is 24.6 Å². The number of carboxylic acid groups (broad SMARTS) is 2. The van der Waals surface area contributed by atoms with Crippen molar-refractivity contribution >= 4 is 35.7 Å². The van der Waals surface area contributed by atoms with Crippen LogP contribution in [0.2, 0.25) is 0 Å². The molecule has 2 aliphatic rings. The lowest BCUT2D eigenvalue weighted by Gasteiger charge is -2.16. The molecule has 11 nitrogen and oxygen atoms in total. The maximum absolute atomic E-state index is 11.1. The molecular weight excluding hydrogens is 388 g/mol. The lowest BCUT2D eigenvalue weighted by molar-refractivity contribution is -0.139. The zero-order valence-corrected chi connectivity index (χ0v) is 16.5. The van der Waals surface area contributed by atoms with E-state index in [-0.39, 0.29) is 30.5 Å². The molecule has 0 aromatic carbocycles. The molecular formula is C16H30N6O5S. The number of rotatable bonds is 10. The van der Waals surface area contributed by atoms with Crippen molar-refractivity contribution in [1.29, 1.82) is 5.41 Å². The molecule has 0 spiro atoms. The molecule has 10 N–H and O–H groups in total. The molecule has 160 valence electrons. The Balaban J connectivity index is 0.000000295. The second-order valence-electron chi connectivity index (χ2n) is 6.69. The molecule has 0 unspecified atom stereocenters. The molecule has 0 aromatic rings. The van der Waals surface area contributed by atoms with E-state index in [9.17, 15) is 14.4 Å². The normalized spacial score (nSPS) is 23.5. The molecule has 0 radical (unpaired) electrons. The fraction of sp³-hybridized carbons (Fsp3) is 0.750. The predicted octanol–water partition coefficient (Wildman–Crippen LogP) is -0.542. The lowest BCUT2D eigenvalue weighted by Crippen LogP contribution is -2.36. The summed E-state index contributed by atoms with van der Waals surface area (Å²) in [4.78, 5) is 31.7. The molecule has 0 aliphatic carbocycles. The first-order valence-corrected chi connectivity index (χ1v) is 10.2. The third-order valence-electron chi connectivity index (χ3n) is 4.39. The number of thioether (sulfide) groups is 1. The van der Waals surface area contributed by atoms with Crippen LogP contribution in [-0.4, -0.2) is 69.8 Å². The van der Waals surface area contributed by atoms with Crippen molar-refractivity contribution in [3.8, 4) is 0 Å². The van der Waals surface area contributed by atoms with Gasteiger partial charge in [-0.25, -0.2) is 4.79 Å². The average molecular weight is 419 g/mol. The molecule has 0 aromatic heterocycles. The van der Waals surface area contributed by atoms with Gasteiger partial charge in [0.05, 0.1) is 12.1 Å². The van der Waals surface area contributed by atoms with Gasteiger partial charge < -0.3 is 37.6 Å². The summed E-state index contributed by atoms with van der Waals surface area (Å²) in [5.74, 6) is -0.878. The van der Waals surface area contributed by atoms with Crippen molar-refractivity contribution in [2.24, 2.45) is 11.5 Å². The van der Waals surface area contributed by atoms with Gasteiger partial charge in [-0.1, -0.05) is 6.42 Å². The van der Waals surface area contributed by atoms with Gasteiger partial charge in [-0.05, 0) is 25.7 Å². The fourth-order valence-corrected chi connectivity index (χ4v) is 4.48. The molecule has 28 heavy (non-hydrogen) atoms. The lowest BCUT2D eigenvalue weighted by atomic mass is 10.0. The number of amides is 2. The Morgan fingerprint density at radius 3 is 2.61 bits per heavy atom. The van der Waals surface area contributed by atoms with Crippen LogP contribution in [0.4, 0.5) is 4.79 Å². The summed E-state index contributed by atoms with van der Waals surface area (Å²) in [5.41, 5.74) is 10.2. The number of nitrogens with one attached hydrogen (secondary N) is 4. The maximum atomic E-state index is 11.1. The molecule has 0 saturated carbocycles. The van der Waals surface area contributed by atoms with Gasteiger partial charge in [-0.2, -0.15) is 11.8 Å². The van der Waals surface area contributed by atoms with Crippen LogP contribution < -0.4 is 27.4 Å². The van der Waals surface area contributed by atoms with Crippen LogP contribution >= 0.6 is 11.8 Å². The van der Waals surface area contributed by atoms with Crippen LogP contribution in [0.1, 0.15) is 38.5 Å². The highest BCUT2D eigenvalue weighted by molar-refractivity contribution is 8.00. The van der Waals surface area contributed by atoms with Crippen molar-refractivity contribution in [1.82, 2.24) is 16.0 Å². The van der Waals surface area contributed by atoms with E-state index in [1.807, 2.05) is 11.8 Å². The van der Waals surface area contributed by atoms with Crippen LogP contribution in [0.5, 0.6) is 0 Å². The Labute approximate surface area is 167 Å². The summed E-state index contributed by atoms with van der Waals surface area (Å²) < 4.78 is 0. The predicted molar refractivity (Wildman–Crippen MR) is 106 cm³/mol. The standard InChI is InChI=1S/C10H16N2O3S.C6H14N4O2/c13-8(14)4-2-1-3-7-9-6(5-16-7)11-10(15)12-9;7-4(5(11)12)2-1-3-10-6(8)9/h6-7,9H,1-5H2,(H,13,14)(H2,11,12,15);4H,1-3,7H2,(H,11,12)(H4,8,9,10)/t6-,7-,9-;4-/m00/s1. The number of aliphatic carboxylic acids is 2. The zero-order chi connectivity index (χ0) is 21.1. The number of unbranched alkanes of at least 4 members (excludes halogenated alkanes) is 1. The summed E-state index contributed by atoms with van der Waals surface area (Å²) >= 11 is 1.87. The van der Waals surface area contributed by atoms with Crippen molar-refractivity contribution in [2.45, 2.75) is 61.9 Å². The number of carbonyl (C=O) groups is 3. The monoisotopic (exact) mass is 418 g/mol. The summed E-state index contributed by atoms with van der Waals surface area (Å²) in [6.07, 6.45) is 3.86. The first kappa shape index (κ1) is 23.8. The van der Waals surface area contributed by atoms with E-state index in [4.69, 9.17) is 27.1 Å². The molecule has 2 aliphatic heterocycles. The van der Waals surface area contributed by atoms with Crippen LogP contribution in [-0.2, 0) is 9.59 Å². The van der Waals surface area contributed by atoms with Gasteiger partial charge in [0, 0.05) is 24.0 Å². The third-order valence-corrected chi connectivity index (χ3v) is 5.90. The summed E-state index contributed by atoms with van der Waals surface area (Å²) in [6, 6.07) is -0.381. The van der Waals surface area contributed by atoms with Crippen molar-refractivity contribution in [2.75, 3.05) is 12.3 Å². The van der Waals surface area contributed by atoms with E-state index in [1.165, 1.54) is 0 Å². The molecule has 2 fully saturated rings. The van der Waals surface area contributed by atoms with E-state index in [1.54, 1.807) is 0 Å².